The molecule has 0 aliphatic carbocycles. The molecule has 0 aliphatic heterocycles. The molecule has 0 saturated heterocycles. The number of aromatic nitrogens is 4. The molecule has 0 radical (unpaired) electrons. The van der Waals surface area contributed by atoms with Crippen molar-refractivity contribution < 1.29 is 9.90 Å². The van der Waals surface area contributed by atoms with Crippen molar-refractivity contribution in [3.63, 3.8) is 0 Å². The van der Waals surface area contributed by atoms with Crippen LogP contribution in [0, 0.1) is 0 Å². The summed E-state index contributed by atoms with van der Waals surface area (Å²) in [4.78, 5) is 15.1. The largest absolute Gasteiger partial charge is 0.456 e. The fourth-order valence-corrected chi connectivity index (χ4v) is 6.96. The number of benzene rings is 7. The van der Waals surface area contributed by atoms with Gasteiger partial charge in [0.2, 0.25) is 5.95 Å². The molecule has 0 spiro atoms. The molecule has 10 aromatic rings. The molecule has 234 valence electrons. The minimum atomic E-state index is -0.337. The average molecular weight is 645 g/mol. The fraction of sp³-hybridized carbons (Fsp3) is 0. The van der Waals surface area contributed by atoms with Gasteiger partial charge in [-0.1, -0.05) is 139 Å². The third-order valence-electron chi connectivity index (χ3n) is 9.22. The van der Waals surface area contributed by atoms with Crippen LogP contribution in [0.15, 0.2) is 174 Å². The highest BCUT2D eigenvalue weighted by Gasteiger charge is 2.21. The van der Waals surface area contributed by atoms with Gasteiger partial charge in [-0.2, -0.15) is 9.97 Å². The first-order valence-corrected chi connectivity index (χ1v) is 16.4. The second kappa shape index (κ2) is 11.4. The van der Waals surface area contributed by atoms with E-state index in [9.17, 15) is 2.74 Å². The first-order chi connectivity index (χ1) is 26.5. The summed E-state index contributed by atoms with van der Waals surface area (Å²) < 4.78 is 44.1. The van der Waals surface area contributed by atoms with E-state index in [-0.39, 0.29) is 35.6 Å². The SMILES string of the molecule is [2H]c1c([2H])c([2H])c2c(c1[2H])c1c(-c3ccccc3-c3ccccc3)cccc1n2-c1nc(-c2ccccc2)nc(-c2ccc3c(c2)oc2ccccc23)n1. The average Bonchev–Trinajstić information content (AvgIpc) is 3.79. The van der Waals surface area contributed by atoms with Gasteiger partial charge in [-0.3, -0.25) is 4.57 Å². The minimum Gasteiger partial charge on any atom is -0.456 e. The van der Waals surface area contributed by atoms with Gasteiger partial charge >= 0.3 is 0 Å². The minimum absolute atomic E-state index is 0.132. The molecule has 0 unspecified atom stereocenters. The van der Waals surface area contributed by atoms with Crippen molar-refractivity contribution in [2.75, 3.05) is 0 Å². The summed E-state index contributed by atoms with van der Waals surface area (Å²) in [5.74, 6) is 1.03. The highest BCUT2D eigenvalue weighted by molar-refractivity contribution is 6.16. The van der Waals surface area contributed by atoms with Crippen molar-refractivity contribution in [2.24, 2.45) is 0 Å². The lowest BCUT2D eigenvalue weighted by molar-refractivity contribution is 0.669. The van der Waals surface area contributed by atoms with Crippen molar-refractivity contribution in [1.29, 1.82) is 0 Å². The maximum Gasteiger partial charge on any atom is 0.238 e. The maximum absolute atomic E-state index is 9.28. The summed E-state index contributed by atoms with van der Waals surface area (Å²) >= 11 is 0. The van der Waals surface area contributed by atoms with Crippen molar-refractivity contribution in [2.45, 2.75) is 0 Å². The van der Waals surface area contributed by atoms with E-state index < -0.39 is 0 Å². The Kier molecular flexibility index (Phi) is 5.54. The molecule has 10 rings (SSSR count). The Morgan fingerprint density at radius 1 is 0.460 bits per heavy atom. The van der Waals surface area contributed by atoms with E-state index in [2.05, 4.69) is 24.3 Å². The molecule has 3 heterocycles. The monoisotopic (exact) mass is 644 g/mol. The van der Waals surface area contributed by atoms with E-state index in [1.165, 1.54) is 0 Å². The topological polar surface area (TPSA) is 56.7 Å². The van der Waals surface area contributed by atoms with E-state index in [1.54, 1.807) is 4.57 Å². The quantitative estimate of drug-likeness (QED) is 0.187. The van der Waals surface area contributed by atoms with Crippen LogP contribution in [-0.2, 0) is 0 Å². The van der Waals surface area contributed by atoms with Gasteiger partial charge in [0.1, 0.15) is 11.2 Å². The zero-order chi connectivity index (χ0) is 36.5. The van der Waals surface area contributed by atoms with Crippen molar-refractivity contribution in [3.8, 4) is 51.0 Å². The molecular formula is C45H28N4O. The summed E-state index contributed by atoms with van der Waals surface area (Å²) in [6.45, 7) is 0. The third kappa shape index (κ3) is 4.52. The number of hydrogen-bond acceptors (Lipinski definition) is 4. The third-order valence-corrected chi connectivity index (χ3v) is 9.22. The van der Waals surface area contributed by atoms with Gasteiger partial charge in [-0.15, -0.1) is 0 Å². The van der Waals surface area contributed by atoms with Gasteiger partial charge in [-0.05, 0) is 52.6 Å². The Balaban J connectivity index is 1.30. The Hall–Kier alpha value is -6.85. The number of nitrogens with zero attached hydrogens (tertiary/aromatic N) is 4. The highest BCUT2D eigenvalue weighted by atomic mass is 16.3. The van der Waals surface area contributed by atoms with Crippen molar-refractivity contribution in [1.82, 2.24) is 19.5 Å². The van der Waals surface area contributed by atoms with E-state index in [0.29, 0.717) is 39.1 Å². The standard InChI is InChI=1S/C45H28N4O/c1-3-14-29(15-4-1)32-18-7-8-19-33(32)36-22-13-24-39-42(36)37-21-9-11-23-38(37)49(39)45-47-43(30-16-5-2-6-17-30)46-44(48-45)31-26-27-35-34-20-10-12-25-40(34)50-41(35)28-31/h1-28H/i9D,11D,21D,23D. The predicted octanol–water partition coefficient (Wildman–Crippen LogP) is 11.5. The number of furan rings is 1. The van der Waals surface area contributed by atoms with Crippen molar-refractivity contribution >= 4 is 43.7 Å². The van der Waals surface area contributed by atoms with Gasteiger partial charge < -0.3 is 4.42 Å². The second-order valence-corrected chi connectivity index (χ2v) is 12.1. The lowest BCUT2D eigenvalue weighted by Gasteiger charge is -2.13. The molecular weight excluding hydrogens is 613 g/mol. The summed E-state index contributed by atoms with van der Waals surface area (Å²) in [6.07, 6.45) is 0. The van der Waals surface area contributed by atoms with Crippen LogP contribution in [0.3, 0.4) is 0 Å². The van der Waals surface area contributed by atoms with Crippen LogP contribution in [0.4, 0.5) is 0 Å². The molecule has 0 amide bonds. The molecule has 5 nitrogen and oxygen atoms in total. The van der Waals surface area contributed by atoms with E-state index in [1.807, 2.05) is 121 Å². The zero-order valence-electron chi connectivity index (χ0n) is 30.6. The molecule has 0 aliphatic rings. The number of hydrogen-bond donors (Lipinski definition) is 0. The van der Waals surface area contributed by atoms with E-state index in [4.69, 9.17) is 22.1 Å². The second-order valence-electron chi connectivity index (χ2n) is 12.1. The van der Waals surface area contributed by atoms with Crippen LogP contribution in [0.2, 0.25) is 0 Å². The first kappa shape index (κ1) is 24.3. The van der Waals surface area contributed by atoms with E-state index in [0.717, 1.165) is 44.2 Å². The summed E-state index contributed by atoms with van der Waals surface area (Å²) in [7, 11) is 0. The Bertz CT molecular complexity index is 3100. The number of rotatable bonds is 5. The van der Waals surface area contributed by atoms with Gasteiger partial charge in [0, 0.05) is 32.7 Å². The first-order valence-electron chi connectivity index (χ1n) is 18.4. The molecule has 7 aromatic carbocycles. The Morgan fingerprint density at radius 3 is 1.96 bits per heavy atom. The summed E-state index contributed by atoms with van der Waals surface area (Å²) in [6, 6.07) is 46.6. The summed E-state index contributed by atoms with van der Waals surface area (Å²) in [5, 5.41) is 3.06. The zero-order valence-corrected chi connectivity index (χ0v) is 26.6. The van der Waals surface area contributed by atoms with Gasteiger partial charge in [0.15, 0.2) is 11.6 Å². The smallest absolute Gasteiger partial charge is 0.238 e. The van der Waals surface area contributed by atoms with Crippen LogP contribution in [0.5, 0.6) is 0 Å². The lowest BCUT2D eigenvalue weighted by Crippen LogP contribution is -2.06. The highest BCUT2D eigenvalue weighted by Crippen LogP contribution is 2.41. The molecule has 0 fully saturated rings. The van der Waals surface area contributed by atoms with Gasteiger partial charge in [-0.25, -0.2) is 4.98 Å². The fourth-order valence-electron chi connectivity index (χ4n) is 6.96. The van der Waals surface area contributed by atoms with E-state index >= 15 is 0 Å². The molecule has 0 atom stereocenters. The van der Waals surface area contributed by atoms with Crippen LogP contribution in [0.1, 0.15) is 5.48 Å². The lowest BCUT2D eigenvalue weighted by atomic mass is 9.92. The number of para-hydroxylation sites is 2. The van der Waals surface area contributed by atoms with Gasteiger partial charge in [0.05, 0.1) is 16.5 Å². The molecule has 0 bridgehead atoms. The molecule has 0 N–H and O–H groups in total. The van der Waals surface area contributed by atoms with Crippen LogP contribution in [-0.4, -0.2) is 19.5 Å². The maximum atomic E-state index is 9.28. The molecule has 50 heavy (non-hydrogen) atoms. The van der Waals surface area contributed by atoms with Crippen molar-refractivity contribution in [3.05, 3.63) is 170 Å². The Labute approximate surface area is 293 Å². The number of fused-ring (bicyclic) bond motifs is 6. The normalized spacial score (nSPS) is 12.7. The van der Waals surface area contributed by atoms with Crippen LogP contribution >= 0.6 is 0 Å². The van der Waals surface area contributed by atoms with Gasteiger partial charge in [0.25, 0.3) is 0 Å². The molecule has 0 saturated carbocycles. The Morgan fingerprint density at radius 2 is 1.12 bits per heavy atom. The summed E-state index contributed by atoms with van der Waals surface area (Å²) in [5.41, 5.74) is 7.68. The molecule has 3 aromatic heterocycles. The van der Waals surface area contributed by atoms with Crippen LogP contribution < -0.4 is 0 Å². The van der Waals surface area contributed by atoms with Crippen LogP contribution in [0.25, 0.3) is 94.7 Å². The molecule has 5 heteroatoms. The predicted molar refractivity (Wildman–Crippen MR) is 203 cm³/mol.